The van der Waals surface area contributed by atoms with Crippen molar-refractivity contribution >= 4 is 40.5 Å². The highest BCUT2D eigenvalue weighted by atomic mass is 35.5. The molecule has 6 heteroatoms. The maximum Gasteiger partial charge on any atom is 0.137 e. The molecule has 0 saturated carbocycles. The van der Waals surface area contributed by atoms with Gasteiger partial charge in [0.1, 0.15) is 18.1 Å². The Bertz CT molecular complexity index is 931. The summed E-state index contributed by atoms with van der Waals surface area (Å²) in [6.07, 6.45) is 0. The molecule has 0 unspecified atom stereocenters. The summed E-state index contributed by atoms with van der Waals surface area (Å²) in [5.41, 5.74) is 2.89. The Labute approximate surface area is 173 Å². The van der Waals surface area contributed by atoms with Gasteiger partial charge < -0.3 is 14.8 Å². The van der Waals surface area contributed by atoms with Gasteiger partial charge in [-0.1, -0.05) is 59.1 Å². The Morgan fingerprint density at radius 1 is 0.815 bits per heavy atom. The Morgan fingerprint density at radius 2 is 1.63 bits per heavy atom. The number of para-hydroxylation sites is 1. The van der Waals surface area contributed by atoms with Crippen LogP contribution in [-0.2, 0) is 13.2 Å². The minimum atomic E-state index is 0.405. The van der Waals surface area contributed by atoms with Gasteiger partial charge in [0.2, 0.25) is 0 Å². The lowest BCUT2D eigenvalue weighted by Crippen LogP contribution is -2.04. The molecule has 3 aromatic carbocycles. The second-order valence-corrected chi connectivity index (χ2v) is 7.07. The SMILES string of the molecule is COc1ccc(NCc2ccccc2OCc2ccc(Cl)c(Cl)c2)cc1Cl. The normalized spacial score (nSPS) is 10.5. The Morgan fingerprint density at radius 3 is 2.37 bits per heavy atom. The van der Waals surface area contributed by atoms with E-state index < -0.39 is 0 Å². The first kappa shape index (κ1) is 19.7. The summed E-state index contributed by atoms with van der Waals surface area (Å²) in [5, 5.41) is 4.96. The number of anilines is 1. The number of hydrogen-bond acceptors (Lipinski definition) is 3. The van der Waals surface area contributed by atoms with Gasteiger partial charge >= 0.3 is 0 Å². The van der Waals surface area contributed by atoms with E-state index in [1.165, 1.54) is 0 Å². The Hall–Kier alpha value is -2.07. The predicted molar refractivity (Wildman–Crippen MR) is 113 cm³/mol. The van der Waals surface area contributed by atoms with E-state index in [0.717, 1.165) is 22.6 Å². The molecule has 0 aliphatic heterocycles. The molecule has 0 radical (unpaired) electrons. The van der Waals surface area contributed by atoms with Crippen molar-refractivity contribution in [3.63, 3.8) is 0 Å². The van der Waals surface area contributed by atoms with Gasteiger partial charge in [0.15, 0.2) is 0 Å². The molecule has 0 atom stereocenters. The lowest BCUT2D eigenvalue weighted by atomic mass is 10.2. The van der Waals surface area contributed by atoms with Crippen LogP contribution in [0.25, 0.3) is 0 Å². The lowest BCUT2D eigenvalue weighted by molar-refractivity contribution is 0.303. The molecule has 140 valence electrons. The summed E-state index contributed by atoms with van der Waals surface area (Å²) >= 11 is 18.2. The summed E-state index contributed by atoms with van der Waals surface area (Å²) in [6, 6.07) is 18.9. The highest BCUT2D eigenvalue weighted by Gasteiger charge is 2.06. The van der Waals surface area contributed by atoms with Crippen molar-refractivity contribution in [2.45, 2.75) is 13.2 Å². The van der Waals surface area contributed by atoms with E-state index in [4.69, 9.17) is 44.3 Å². The zero-order chi connectivity index (χ0) is 19.2. The van der Waals surface area contributed by atoms with E-state index in [1.54, 1.807) is 13.2 Å². The molecule has 0 saturated heterocycles. The van der Waals surface area contributed by atoms with Crippen LogP contribution in [0.2, 0.25) is 15.1 Å². The van der Waals surface area contributed by atoms with E-state index in [1.807, 2.05) is 54.6 Å². The van der Waals surface area contributed by atoms with Crippen molar-refractivity contribution in [1.29, 1.82) is 0 Å². The van der Waals surface area contributed by atoms with Crippen molar-refractivity contribution in [2.75, 3.05) is 12.4 Å². The highest BCUT2D eigenvalue weighted by molar-refractivity contribution is 6.42. The second-order valence-electron chi connectivity index (χ2n) is 5.85. The van der Waals surface area contributed by atoms with E-state index in [2.05, 4.69) is 5.32 Å². The largest absolute Gasteiger partial charge is 0.495 e. The zero-order valence-corrected chi connectivity index (χ0v) is 16.9. The van der Waals surface area contributed by atoms with Gasteiger partial charge in [0.05, 0.1) is 22.2 Å². The van der Waals surface area contributed by atoms with Gasteiger partial charge in [-0.3, -0.25) is 0 Å². The Balaban J connectivity index is 1.66. The second kappa shape index (κ2) is 9.23. The number of halogens is 3. The summed E-state index contributed by atoms with van der Waals surface area (Å²) in [4.78, 5) is 0. The van der Waals surface area contributed by atoms with Crippen LogP contribution in [0.5, 0.6) is 11.5 Å². The van der Waals surface area contributed by atoms with Gasteiger partial charge in [-0.05, 0) is 42.0 Å². The minimum absolute atomic E-state index is 0.405. The van der Waals surface area contributed by atoms with Gasteiger partial charge in [-0.15, -0.1) is 0 Å². The third-order valence-electron chi connectivity index (χ3n) is 3.99. The summed E-state index contributed by atoms with van der Waals surface area (Å²) in [5.74, 6) is 1.45. The molecule has 0 amide bonds. The molecule has 0 heterocycles. The van der Waals surface area contributed by atoms with E-state index in [0.29, 0.717) is 34.0 Å². The zero-order valence-electron chi connectivity index (χ0n) is 14.6. The van der Waals surface area contributed by atoms with Crippen LogP contribution in [-0.4, -0.2) is 7.11 Å². The van der Waals surface area contributed by atoms with Crippen LogP contribution in [0.1, 0.15) is 11.1 Å². The van der Waals surface area contributed by atoms with Crippen LogP contribution >= 0.6 is 34.8 Å². The molecule has 3 aromatic rings. The summed E-state index contributed by atoms with van der Waals surface area (Å²) < 4.78 is 11.2. The standard InChI is InChI=1S/C21H18Cl3NO2/c1-26-21-9-7-16(11-19(21)24)25-12-15-4-2-3-5-20(15)27-13-14-6-8-17(22)18(23)10-14/h2-11,25H,12-13H2,1H3. The van der Waals surface area contributed by atoms with Crippen molar-refractivity contribution in [3.05, 3.63) is 86.9 Å². The maximum atomic E-state index is 6.17. The summed E-state index contributed by atoms with van der Waals surface area (Å²) in [7, 11) is 1.59. The Kier molecular flexibility index (Phi) is 6.73. The molecule has 3 nitrogen and oxygen atoms in total. The maximum absolute atomic E-state index is 6.17. The topological polar surface area (TPSA) is 30.5 Å². The molecule has 0 aliphatic carbocycles. The van der Waals surface area contributed by atoms with Gasteiger partial charge in [-0.25, -0.2) is 0 Å². The lowest BCUT2D eigenvalue weighted by Gasteiger charge is -2.14. The molecule has 0 spiro atoms. The molecular weight excluding hydrogens is 405 g/mol. The molecule has 0 bridgehead atoms. The molecule has 1 N–H and O–H groups in total. The number of rotatable bonds is 7. The average molecular weight is 423 g/mol. The smallest absolute Gasteiger partial charge is 0.137 e. The fourth-order valence-electron chi connectivity index (χ4n) is 2.55. The summed E-state index contributed by atoms with van der Waals surface area (Å²) in [6.45, 7) is 1.00. The average Bonchev–Trinajstić information content (AvgIpc) is 2.68. The molecule has 0 fully saturated rings. The van der Waals surface area contributed by atoms with Crippen LogP contribution < -0.4 is 14.8 Å². The van der Waals surface area contributed by atoms with E-state index in [9.17, 15) is 0 Å². The predicted octanol–water partition coefficient (Wildman–Crippen LogP) is 6.85. The molecule has 3 rings (SSSR count). The van der Waals surface area contributed by atoms with Gasteiger partial charge in [-0.2, -0.15) is 0 Å². The fraction of sp³-hybridized carbons (Fsp3) is 0.143. The quantitative estimate of drug-likeness (QED) is 0.452. The third-order valence-corrected chi connectivity index (χ3v) is 5.02. The third kappa shape index (κ3) is 5.23. The van der Waals surface area contributed by atoms with Crippen LogP contribution in [0, 0.1) is 0 Å². The number of methoxy groups -OCH3 is 1. The first-order valence-corrected chi connectivity index (χ1v) is 9.42. The molecule has 0 aromatic heterocycles. The van der Waals surface area contributed by atoms with E-state index >= 15 is 0 Å². The molecule has 0 aliphatic rings. The first-order chi connectivity index (χ1) is 13.1. The minimum Gasteiger partial charge on any atom is -0.495 e. The molecule has 27 heavy (non-hydrogen) atoms. The van der Waals surface area contributed by atoms with Crippen LogP contribution in [0.4, 0.5) is 5.69 Å². The fourth-order valence-corrected chi connectivity index (χ4v) is 3.13. The highest BCUT2D eigenvalue weighted by Crippen LogP contribution is 2.28. The van der Waals surface area contributed by atoms with Crippen molar-refractivity contribution in [1.82, 2.24) is 0 Å². The number of nitrogens with one attached hydrogen (secondary N) is 1. The van der Waals surface area contributed by atoms with Crippen LogP contribution in [0.3, 0.4) is 0 Å². The first-order valence-electron chi connectivity index (χ1n) is 8.29. The number of hydrogen-bond donors (Lipinski definition) is 1. The number of ether oxygens (including phenoxy) is 2. The van der Waals surface area contributed by atoms with Crippen molar-refractivity contribution < 1.29 is 9.47 Å². The van der Waals surface area contributed by atoms with E-state index in [-0.39, 0.29) is 0 Å². The number of benzene rings is 3. The van der Waals surface area contributed by atoms with Crippen LogP contribution in [0.15, 0.2) is 60.7 Å². The monoisotopic (exact) mass is 421 g/mol. The van der Waals surface area contributed by atoms with Gasteiger partial charge in [0.25, 0.3) is 0 Å². The van der Waals surface area contributed by atoms with Crippen molar-refractivity contribution in [3.8, 4) is 11.5 Å². The van der Waals surface area contributed by atoms with Crippen molar-refractivity contribution in [2.24, 2.45) is 0 Å². The molecular formula is C21H18Cl3NO2. The van der Waals surface area contributed by atoms with Gasteiger partial charge in [0, 0.05) is 17.8 Å².